The van der Waals surface area contributed by atoms with Crippen LogP contribution < -0.4 is 20.5 Å². The average molecular weight is 560 g/mol. The number of methoxy groups -OCH3 is 2. The number of nitrogens with one attached hydrogen (secondary N) is 1. The lowest BCUT2D eigenvalue weighted by atomic mass is 10.2. The smallest absolute Gasteiger partial charge is 0.243 e. The maximum Gasteiger partial charge on any atom is 0.243 e. The lowest BCUT2D eigenvalue weighted by Gasteiger charge is -2.15. The molecule has 0 aromatic heterocycles. The summed E-state index contributed by atoms with van der Waals surface area (Å²) < 4.78 is 37.2. The van der Waals surface area contributed by atoms with Crippen molar-refractivity contribution in [3.8, 4) is 11.5 Å². The van der Waals surface area contributed by atoms with Gasteiger partial charge in [-0.2, -0.15) is 4.31 Å². The Morgan fingerprint density at radius 1 is 1.03 bits per heavy atom. The highest BCUT2D eigenvalue weighted by atomic mass is 127. The molecule has 170 valence electrons. The molecule has 10 heteroatoms. The van der Waals surface area contributed by atoms with Crippen molar-refractivity contribution < 1.29 is 17.9 Å². The van der Waals surface area contributed by atoms with Gasteiger partial charge in [0.2, 0.25) is 10.0 Å². The quantitative estimate of drug-likeness (QED) is 0.292. The minimum Gasteiger partial charge on any atom is -0.493 e. The molecule has 1 heterocycles. The van der Waals surface area contributed by atoms with Gasteiger partial charge in [-0.25, -0.2) is 13.4 Å². The van der Waals surface area contributed by atoms with Crippen LogP contribution in [0.25, 0.3) is 0 Å². The lowest BCUT2D eigenvalue weighted by molar-refractivity contribution is 0.354. The van der Waals surface area contributed by atoms with Gasteiger partial charge in [-0.1, -0.05) is 18.2 Å². The maximum atomic E-state index is 12.6. The number of ether oxygens (including phenoxy) is 2. The summed E-state index contributed by atoms with van der Waals surface area (Å²) >= 11 is 0. The van der Waals surface area contributed by atoms with Crippen LogP contribution in [-0.2, 0) is 23.1 Å². The summed E-state index contributed by atoms with van der Waals surface area (Å²) in [5.74, 6) is 1.60. The van der Waals surface area contributed by atoms with Crippen molar-refractivity contribution in [3.05, 3.63) is 53.6 Å². The number of benzene rings is 2. The van der Waals surface area contributed by atoms with E-state index in [0.29, 0.717) is 48.5 Å². The van der Waals surface area contributed by atoms with E-state index in [-0.39, 0.29) is 24.0 Å². The van der Waals surface area contributed by atoms with Crippen molar-refractivity contribution in [1.82, 2.24) is 9.62 Å². The van der Waals surface area contributed by atoms with Crippen LogP contribution >= 0.6 is 24.0 Å². The highest BCUT2D eigenvalue weighted by molar-refractivity contribution is 14.0. The van der Waals surface area contributed by atoms with E-state index in [1.54, 1.807) is 42.8 Å². The van der Waals surface area contributed by atoms with Crippen molar-refractivity contribution >= 4 is 40.0 Å². The van der Waals surface area contributed by atoms with Gasteiger partial charge < -0.3 is 20.5 Å². The highest BCUT2D eigenvalue weighted by Gasteiger charge is 2.26. The third-order valence-corrected chi connectivity index (χ3v) is 6.89. The van der Waals surface area contributed by atoms with Crippen molar-refractivity contribution in [1.29, 1.82) is 0 Å². The predicted octanol–water partition coefficient (Wildman–Crippen LogP) is 2.71. The summed E-state index contributed by atoms with van der Waals surface area (Å²) in [5.41, 5.74) is 7.81. The molecule has 0 atom stereocenters. The van der Waals surface area contributed by atoms with Gasteiger partial charge in [0.1, 0.15) is 0 Å². The Kier molecular flexibility index (Phi) is 9.38. The molecule has 1 fully saturated rings. The molecule has 0 amide bonds. The molecule has 0 unspecified atom stereocenters. The molecule has 3 N–H and O–H groups in total. The summed E-state index contributed by atoms with van der Waals surface area (Å²) in [6.07, 6.45) is 1.84. The molecule has 1 aliphatic rings. The number of rotatable bonds is 8. The van der Waals surface area contributed by atoms with Crippen LogP contribution in [0.5, 0.6) is 11.5 Å². The number of hydrogen-bond donors (Lipinski definition) is 2. The summed E-state index contributed by atoms with van der Waals surface area (Å²) in [4.78, 5) is 4.66. The maximum absolute atomic E-state index is 12.6. The van der Waals surface area contributed by atoms with Gasteiger partial charge in [0.05, 0.1) is 25.7 Å². The highest BCUT2D eigenvalue weighted by Crippen LogP contribution is 2.27. The molecule has 0 saturated carbocycles. The summed E-state index contributed by atoms with van der Waals surface area (Å²) in [5, 5.41) is 3.05. The van der Waals surface area contributed by atoms with Crippen molar-refractivity contribution in [3.63, 3.8) is 0 Å². The van der Waals surface area contributed by atoms with Crippen LogP contribution in [0.1, 0.15) is 24.0 Å². The SMILES string of the molecule is COc1ccc(CN=C(N)NCc2ccc(S(=O)(=O)N3CCCC3)cc2)cc1OC.I. The number of hydrogen-bond acceptors (Lipinski definition) is 5. The Balaban J connectivity index is 0.00000341. The lowest BCUT2D eigenvalue weighted by Crippen LogP contribution is -2.31. The molecule has 2 aromatic carbocycles. The van der Waals surface area contributed by atoms with Gasteiger partial charge in [-0.3, -0.25) is 0 Å². The van der Waals surface area contributed by atoms with Crippen LogP contribution in [0.3, 0.4) is 0 Å². The molecule has 1 saturated heterocycles. The average Bonchev–Trinajstić information content (AvgIpc) is 3.32. The number of aliphatic imine (C=N–C) groups is 1. The molecule has 8 nitrogen and oxygen atoms in total. The number of guanidine groups is 1. The molecule has 0 radical (unpaired) electrons. The van der Waals surface area contributed by atoms with Gasteiger partial charge in [0.15, 0.2) is 17.5 Å². The molecule has 31 heavy (non-hydrogen) atoms. The number of nitrogens with zero attached hydrogens (tertiary/aromatic N) is 2. The Hall–Kier alpha value is -2.05. The first-order valence-electron chi connectivity index (χ1n) is 9.78. The van der Waals surface area contributed by atoms with E-state index < -0.39 is 10.0 Å². The third-order valence-electron chi connectivity index (χ3n) is 4.98. The zero-order valence-electron chi connectivity index (χ0n) is 17.7. The molecular formula is C21H29IN4O4S. The summed E-state index contributed by atoms with van der Waals surface area (Å²) in [6, 6.07) is 12.4. The molecule has 0 spiro atoms. The largest absolute Gasteiger partial charge is 0.493 e. The zero-order valence-corrected chi connectivity index (χ0v) is 20.9. The first-order chi connectivity index (χ1) is 14.4. The molecule has 0 aliphatic carbocycles. The van der Waals surface area contributed by atoms with Crippen LogP contribution in [0, 0.1) is 0 Å². The summed E-state index contributed by atoms with van der Waals surface area (Å²) in [7, 11) is -0.216. The van der Waals surface area contributed by atoms with Gasteiger partial charge in [-0.05, 0) is 48.2 Å². The second-order valence-corrected chi connectivity index (χ2v) is 8.94. The van der Waals surface area contributed by atoms with Gasteiger partial charge in [0.25, 0.3) is 0 Å². The fraction of sp³-hybridized carbons (Fsp3) is 0.381. The Morgan fingerprint density at radius 3 is 2.26 bits per heavy atom. The van der Waals surface area contributed by atoms with Crippen LogP contribution in [-0.4, -0.2) is 46.0 Å². The standard InChI is InChI=1S/C21H28N4O4S.HI/c1-28-19-10-7-17(13-20(19)29-2)15-24-21(22)23-14-16-5-8-18(9-6-16)30(26,27)25-11-3-4-12-25;/h5-10,13H,3-4,11-12,14-15H2,1-2H3,(H3,22,23,24);1H. The van der Waals surface area contributed by atoms with E-state index in [0.717, 1.165) is 24.0 Å². The topological polar surface area (TPSA) is 106 Å². The van der Waals surface area contributed by atoms with Gasteiger partial charge in [0, 0.05) is 19.6 Å². The fourth-order valence-electron chi connectivity index (χ4n) is 3.26. The van der Waals surface area contributed by atoms with E-state index >= 15 is 0 Å². The molecule has 3 rings (SSSR count). The molecule has 0 bridgehead atoms. The van der Waals surface area contributed by atoms with Gasteiger partial charge in [-0.15, -0.1) is 24.0 Å². The molecule has 2 aromatic rings. The Labute approximate surface area is 200 Å². The molecule has 1 aliphatic heterocycles. The monoisotopic (exact) mass is 560 g/mol. The predicted molar refractivity (Wildman–Crippen MR) is 132 cm³/mol. The first kappa shape index (κ1) is 25.2. The van der Waals surface area contributed by atoms with E-state index in [9.17, 15) is 8.42 Å². The van der Waals surface area contributed by atoms with E-state index in [4.69, 9.17) is 15.2 Å². The van der Waals surface area contributed by atoms with Gasteiger partial charge >= 0.3 is 0 Å². The first-order valence-corrected chi connectivity index (χ1v) is 11.2. The number of sulfonamides is 1. The zero-order chi connectivity index (χ0) is 21.6. The number of halogens is 1. The third kappa shape index (κ3) is 6.47. The second kappa shape index (κ2) is 11.5. The van der Waals surface area contributed by atoms with Crippen LogP contribution in [0.2, 0.25) is 0 Å². The minimum atomic E-state index is -3.39. The molecular weight excluding hydrogens is 531 g/mol. The van der Waals surface area contributed by atoms with Crippen LogP contribution in [0.4, 0.5) is 0 Å². The normalized spacial score (nSPS) is 14.7. The number of nitrogens with two attached hydrogens (primary N) is 1. The summed E-state index contributed by atoms with van der Waals surface area (Å²) in [6.45, 7) is 2.04. The second-order valence-electron chi connectivity index (χ2n) is 7.00. The van der Waals surface area contributed by atoms with Crippen molar-refractivity contribution in [2.75, 3.05) is 27.3 Å². The fourth-order valence-corrected chi connectivity index (χ4v) is 4.78. The van der Waals surface area contributed by atoms with E-state index in [2.05, 4.69) is 10.3 Å². The van der Waals surface area contributed by atoms with Crippen molar-refractivity contribution in [2.24, 2.45) is 10.7 Å². The van der Waals surface area contributed by atoms with E-state index in [1.807, 2.05) is 18.2 Å². The van der Waals surface area contributed by atoms with E-state index in [1.165, 1.54) is 0 Å². The Bertz CT molecular complexity index is 991. The Morgan fingerprint density at radius 2 is 1.65 bits per heavy atom. The minimum absolute atomic E-state index is 0. The van der Waals surface area contributed by atoms with Crippen LogP contribution in [0.15, 0.2) is 52.4 Å². The van der Waals surface area contributed by atoms with Crippen molar-refractivity contribution in [2.45, 2.75) is 30.8 Å².